The Bertz CT molecular complexity index is 1190. The second kappa shape index (κ2) is 8.48. The van der Waals surface area contributed by atoms with Gasteiger partial charge in [0, 0.05) is 31.2 Å². The van der Waals surface area contributed by atoms with Crippen LogP contribution in [-0.4, -0.2) is 29.2 Å². The average Bonchev–Trinajstić information content (AvgIpc) is 2.77. The summed E-state index contributed by atoms with van der Waals surface area (Å²) in [6, 6.07) is 5.17. The summed E-state index contributed by atoms with van der Waals surface area (Å²) in [5.41, 5.74) is 3.09. The molecule has 2 aliphatic rings. The van der Waals surface area contributed by atoms with Gasteiger partial charge in [-0.25, -0.2) is 9.97 Å². The highest BCUT2D eigenvalue weighted by Gasteiger charge is 2.38. The second-order valence-corrected chi connectivity index (χ2v) is 8.43. The van der Waals surface area contributed by atoms with Crippen molar-refractivity contribution in [3.8, 4) is 0 Å². The normalized spacial score (nSPS) is 18.6. The van der Waals surface area contributed by atoms with E-state index in [1.165, 1.54) is 6.92 Å². The van der Waals surface area contributed by atoms with Crippen molar-refractivity contribution in [2.24, 2.45) is 0 Å². The van der Waals surface area contributed by atoms with Gasteiger partial charge in [-0.2, -0.15) is 26.3 Å². The van der Waals surface area contributed by atoms with Crippen LogP contribution in [0.2, 0.25) is 0 Å². The van der Waals surface area contributed by atoms with Gasteiger partial charge in [0.1, 0.15) is 5.70 Å². The van der Waals surface area contributed by atoms with Crippen LogP contribution in [-0.2, 0) is 12.6 Å². The van der Waals surface area contributed by atoms with E-state index in [1.807, 2.05) is 13.0 Å². The Morgan fingerprint density at radius 2 is 1.74 bits per heavy atom. The van der Waals surface area contributed by atoms with Gasteiger partial charge in [-0.05, 0) is 66.2 Å². The molecule has 34 heavy (non-hydrogen) atoms. The summed E-state index contributed by atoms with van der Waals surface area (Å²) in [5, 5.41) is 2.54. The molecule has 0 amide bonds. The summed E-state index contributed by atoms with van der Waals surface area (Å²) < 4.78 is 78.6. The third kappa shape index (κ3) is 4.53. The molecule has 1 fully saturated rings. The van der Waals surface area contributed by atoms with Crippen molar-refractivity contribution in [1.82, 2.24) is 9.97 Å². The fourth-order valence-corrected chi connectivity index (χ4v) is 4.30. The lowest BCUT2D eigenvalue weighted by atomic mass is 9.86. The second-order valence-electron chi connectivity index (χ2n) is 8.43. The number of hydrogen-bond donors (Lipinski definition) is 1. The molecule has 10 heteroatoms. The number of anilines is 2. The summed E-state index contributed by atoms with van der Waals surface area (Å²) in [6.07, 6.45) is -6.76. The van der Waals surface area contributed by atoms with Gasteiger partial charge < -0.3 is 10.2 Å². The summed E-state index contributed by atoms with van der Waals surface area (Å²) in [4.78, 5) is 9.56. The van der Waals surface area contributed by atoms with E-state index in [0.717, 1.165) is 40.2 Å². The number of hydrogen-bond acceptors (Lipinski definition) is 4. The third-order valence-electron chi connectivity index (χ3n) is 6.15. The molecular formula is C24H22F6N4. The van der Waals surface area contributed by atoms with Crippen LogP contribution in [0.25, 0.3) is 5.57 Å². The highest BCUT2D eigenvalue weighted by Crippen LogP contribution is 2.40. The Balaban J connectivity index is 1.67. The van der Waals surface area contributed by atoms with Crippen molar-refractivity contribution in [3.05, 3.63) is 76.3 Å². The maximum atomic E-state index is 13.4. The van der Waals surface area contributed by atoms with E-state index in [2.05, 4.69) is 21.9 Å². The molecule has 0 radical (unpaired) electrons. The molecule has 0 atom stereocenters. The molecule has 1 N–H and O–H groups in total. The molecule has 0 aliphatic carbocycles. The van der Waals surface area contributed by atoms with Gasteiger partial charge >= 0.3 is 12.4 Å². The molecule has 0 bridgehead atoms. The predicted molar refractivity (Wildman–Crippen MR) is 118 cm³/mol. The van der Waals surface area contributed by atoms with Crippen LogP contribution >= 0.6 is 0 Å². The van der Waals surface area contributed by atoms with Gasteiger partial charge in [-0.3, -0.25) is 0 Å². The quantitative estimate of drug-likeness (QED) is 0.496. The van der Waals surface area contributed by atoms with Gasteiger partial charge in [-0.15, -0.1) is 0 Å². The maximum Gasteiger partial charge on any atom is 0.431 e. The smallest absolute Gasteiger partial charge is 0.351 e. The summed E-state index contributed by atoms with van der Waals surface area (Å²) >= 11 is 0. The van der Waals surface area contributed by atoms with E-state index in [0.29, 0.717) is 25.2 Å². The van der Waals surface area contributed by atoms with E-state index in [1.54, 1.807) is 17.0 Å². The number of alkyl halides is 6. The minimum atomic E-state index is -4.52. The maximum absolute atomic E-state index is 13.4. The van der Waals surface area contributed by atoms with Crippen LogP contribution < -0.4 is 10.2 Å². The fourth-order valence-electron chi connectivity index (χ4n) is 4.30. The Hall–Kier alpha value is -3.30. The lowest BCUT2D eigenvalue weighted by Crippen LogP contribution is -2.34. The number of rotatable bonds is 2. The number of halogens is 6. The fraction of sp³-hybridized carbons (Fsp3) is 0.333. The van der Waals surface area contributed by atoms with E-state index in [-0.39, 0.29) is 17.9 Å². The molecule has 3 heterocycles. The SMILES string of the molecule is C=C1CCN(c2ncc(C(F)(F)F)cn2)C/C1=C(/C)c1cccc2c1CC(C)=C(C(F)(F)F)N2. The van der Waals surface area contributed by atoms with Crippen LogP contribution in [0.15, 0.2) is 59.6 Å². The highest BCUT2D eigenvalue weighted by molar-refractivity contribution is 5.79. The van der Waals surface area contributed by atoms with Crippen molar-refractivity contribution in [2.75, 3.05) is 23.3 Å². The lowest BCUT2D eigenvalue weighted by molar-refractivity contribution is -0.138. The van der Waals surface area contributed by atoms with E-state index in [4.69, 9.17) is 0 Å². The predicted octanol–water partition coefficient (Wildman–Crippen LogP) is 6.54. The minimum Gasteiger partial charge on any atom is -0.351 e. The van der Waals surface area contributed by atoms with Crippen molar-refractivity contribution in [2.45, 2.75) is 39.0 Å². The monoisotopic (exact) mass is 480 g/mol. The zero-order chi connectivity index (χ0) is 24.8. The number of fused-ring (bicyclic) bond motifs is 1. The van der Waals surface area contributed by atoms with Crippen LogP contribution in [0.1, 0.15) is 37.0 Å². The molecule has 0 unspecified atom stereocenters. The zero-order valence-electron chi connectivity index (χ0n) is 18.5. The number of nitrogens with one attached hydrogen (secondary N) is 1. The van der Waals surface area contributed by atoms with Crippen molar-refractivity contribution < 1.29 is 26.3 Å². The van der Waals surface area contributed by atoms with Gasteiger partial charge in [-0.1, -0.05) is 18.7 Å². The first-order chi connectivity index (χ1) is 15.9. The Labute approximate surface area is 192 Å². The first kappa shape index (κ1) is 23.8. The third-order valence-corrected chi connectivity index (χ3v) is 6.15. The average molecular weight is 480 g/mol. The Morgan fingerprint density at radius 1 is 1.06 bits per heavy atom. The molecule has 2 aliphatic heterocycles. The molecule has 4 rings (SSSR count). The van der Waals surface area contributed by atoms with E-state index >= 15 is 0 Å². The van der Waals surface area contributed by atoms with Gasteiger partial charge in [0.2, 0.25) is 5.95 Å². The van der Waals surface area contributed by atoms with Crippen molar-refractivity contribution >= 4 is 17.2 Å². The molecule has 180 valence electrons. The molecule has 1 aromatic heterocycles. The Kier molecular flexibility index (Phi) is 5.95. The van der Waals surface area contributed by atoms with Crippen LogP contribution in [0.3, 0.4) is 0 Å². The summed E-state index contributed by atoms with van der Waals surface area (Å²) in [5.74, 6) is 0.177. The topological polar surface area (TPSA) is 41.1 Å². The van der Waals surface area contributed by atoms with Crippen LogP contribution in [0, 0.1) is 0 Å². The molecular weight excluding hydrogens is 458 g/mol. The number of piperidine rings is 1. The van der Waals surface area contributed by atoms with Gasteiger partial charge in [0.05, 0.1) is 5.56 Å². The molecule has 2 aromatic rings. The number of nitrogens with zero attached hydrogens (tertiary/aromatic N) is 3. The largest absolute Gasteiger partial charge is 0.431 e. The molecule has 1 saturated heterocycles. The van der Waals surface area contributed by atoms with Gasteiger partial charge in [0.25, 0.3) is 0 Å². The van der Waals surface area contributed by atoms with Crippen LogP contribution in [0.4, 0.5) is 38.0 Å². The molecule has 0 spiro atoms. The minimum absolute atomic E-state index is 0.149. The number of allylic oxidation sites excluding steroid dienone is 3. The summed E-state index contributed by atoms with van der Waals surface area (Å²) in [7, 11) is 0. The van der Waals surface area contributed by atoms with E-state index < -0.39 is 23.6 Å². The zero-order valence-corrected chi connectivity index (χ0v) is 18.5. The lowest BCUT2D eigenvalue weighted by Gasteiger charge is -2.32. The van der Waals surface area contributed by atoms with E-state index in [9.17, 15) is 26.3 Å². The molecule has 0 saturated carbocycles. The highest BCUT2D eigenvalue weighted by atomic mass is 19.4. The number of benzene rings is 1. The first-order valence-electron chi connectivity index (χ1n) is 10.5. The first-order valence-corrected chi connectivity index (χ1v) is 10.5. The Morgan fingerprint density at radius 3 is 2.35 bits per heavy atom. The molecule has 4 nitrogen and oxygen atoms in total. The number of aromatic nitrogens is 2. The van der Waals surface area contributed by atoms with Crippen molar-refractivity contribution in [1.29, 1.82) is 0 Å². The van der Waals surface area contributed by atoms with Gasteiger partial charge in [0.15, 0.2) is 0 Å². The summed E-state index contributed by atoms with van der Waals surface area (Å²) in [6.45, 7) is 8.30. The standard InChI is InChI=1S/C24H22F6N4/c1-13-7-8-34(22-31-10-16(11-32-22)23(25,26)27)12-19(13)15(3)17-5-4-6-20-18(17)9-14(2)21(33-20)24(28,29)30/h4-6,10-11,33H,1,7-9,12H2,2-3H3/b19-15+. The van der Waals surface area contributed by atoms with Crippen molar-refractivity contribution in [3.63, 3.8) is 0 Å². The molecule has 1 aromatic carbocycles. The van der Waals surface area contributed by atoms with Crippen LogP contribution in [0.5, 0.6) is 0 Å².